The molecule has 0 spiro atoms. The molecule has 0 saturated carbocycles. The van der Waals surface area contributed by atoms with Crippen molar-refractivity contribution in [2.75, 3.05) is 6.61 Å². The molecule has 12 heavy (non-hydrogen) atoms. The summed E-state index contributed by atoms with van der Waals surface area (Å²) in [6.07, 6.45) is 2.21. The zero-order chi connectivity index (χ0) is 8.55. The predicted octanol–water partition coefficient (Wildman–Crippen LogP) is 0.565. The summed E-state index contributed by atoms with van der Waals surface area (Å²) in [5, 5.41) is 2.97. The van der Waals surface area contributed by atoms with Gasteiger partial charge in [0.15, 0.2) is 0 Å². The minimum absolute atomic E-state index is 0.000463. The summed E-state index contributed by atoms with van der Waals surface area (Å²) in [7, 11) is 1.71. The molecule has 1 aromatic heterocycles. The molecule has 1 aliphatic rings. The van der Waals surface area contributed by atoms with Gasteiger partial charge < -0.3 is 4.74 Å². The molecule has 1 fully saturated rings. The standard InChI is InChI=1S/C8H12N2O2/c1-10-8(11)5-6(9-10)7-3-2-4-12-7/h5,7,9H,2-4H2,1H3/t7-/m1/s1. The van der Waals surface area contributed by atoms with Gasteiger partial charge in [-0.25, -0.2) is 0 Å². The van der Waals surface area contributed by atoms with Crippen molar-refractivity contribution in [2.24, 2.45) is 7.05 Å². The van der Waals surface area contributed by atoms with Gasteiger partial charge in [0.1, 0.15) is 0 Å². The van der Waals surface area contributed by atoms with Crippen LogP contribution in [0.4, 0.5) is 0 Å². The van der Waals surface area contributed by atoms with Gasteiger partial charge in [0.05, 0.1) is 11.8 Å². The van der Waals surface area contributed by atoms with Crippen LogP contribution >= 0.6 is 0 Å². The Kier molecular flexibility index (Phi) is 1.77. The Balaban J connectivity index is 2.27. The summed E-state index contributed by atoms with van der Waals surface area (Å²) < 4.78 is 6.89. The monoisotopic (exact) mass is 168 g/mol. The summed E-state index contributed by atoms with van der Waals surface area (Å²) >= 11 is 0. The van der Waals surface area contributed by atoms with E-state index < -0.39 is 0 Å². The van der Waals surface area contributed by atoms with Crippen molar-refractivity contribution in [3.05, 3.63) is 22.1 Å². The van der Waals surface area contributed by atoms with Crippen molar-refractivity contribution in [3.63, 3.8) is 0 Å². The molecular weight excluding hydrogens is 156 g/mol. The molecule has 4 nitrogen and oxygen atoms in total. The van der Waals surface area contributed by atoms with Crippen molar-refractivity contribution < 1.29 is 4.74 Å². The van der Waals surface area contributed by atoms with Crippen molar-refractivity contribution in [2.45, 2.75) is 18.9 Å². The predicted molar refractivity (Wildman–Crippen MR) is 44.0 cm³/mol. The molecule has 0 aromatic carbocycles. The Bertz CT molecular complexity index is 320. The van der Waals surface area contributed by atoms with E-state index in [0.29, 0.717) is 0 Å². The first-order chi connectivity index (χ1) is 5.77. The van der Waals surface area contributed by atoms with Gasteiger partial charge in [0.25, 0.3) is 5.56 Å². The number of ether oxygens (including phenoxy) is 1. The van der Waals surface area contributed by atoms with Crippen molar-refractivity contribution in [1.29, 1.82) is 0 Å². The fraction of sp³-hybridized carbons (Fsp3) is 0.625. The summed E-state index contributed by atoms with van der Waals surface area (Å²) in [6.45, 7) is 0.807. The molecule has 0 unspecified atom stereocenters. The van der Waals surface area contributed by atoms with Crippen molar-refractivity contribution in [1.82, 2.24) is 9.78 Å². The molecule has 1 saturated heterocycles. The molecule has 1 aliphatic heterocycles. The molecule has 2 rings (SSSR count). The average Bonchev–Trinajstić information content (AvgIpc) is 2.61. The van der Waals surface area contributed by atoms with Crippen LogP contribution in [-0.4, -0.2) is 16.4 Å². The van der Waals surface area contributed by atoms with Crippen LogP contribution in [0.2, 0.25) is 0 Å². The molecular formula is C8H12N2O2. The Hall–Kier alpha value is -1.03. The number of H-pyrrole nitrogens is 1. The molecule has 66 valence electrons. The summed E-state index contributed by atoms with van der Waals surface area (Å²) in [4.78, 5) is 11.1. The number of aromatic amines is 1. The summed E-state index contributed by atoms with van der Waals surface area (Å²) in [5.41, 5.74) is 0.903. The Labute approximate surface area is 70.1 Å². The lowest BCUT2D eigenvalue weighted by Gasteiger charge is -2.04. The van der Waals surface area contributed by atoms with E-state index in [1.54, 1.807) is 13.1 Å². The smallest absolute Gasteiger partial charge is 0.266 e. The maximum Gasteiger partial charge on any atom is 0.266 e. The Morgan fingerprint density at radius 2 is 2.58 bits per heavy atom. The van der Waals surface area contributed by atoms with Crippen LogP contribution < -0.4 is 5.56 Å². The molecule has 0 radical (unpaired) electrons. The zero-order valence-corrected chi connectivity index (χ0v) is 7.04. The van der Waals surface area contributed by atoms with Gasteiger partial charge >= 0.3 is 0 Å². The van der Waals surface area contributed by atoms with Crippen LogP contribution in [-0.2, 0) is 11.8 Å². The van der Waals surface area contributed by atoms with Crippen LogP contribution in [0.5, 0.6) is 0 Å². The van der Waals surface area contributed by atoms with E-state index in [2.05, 4.69) is 5.10 Å². The molecule has 0 bridgehead atoms. The topological polar surface area (TPSA) is 47.0 Å². The number of nitrogens with one attached hydrogen (secondary N) is 1. The average molecular weight is 168 g/mol. The highest BCUT2D eigenvalue weighted by Gasteiger charge is 2.19. The third-order valence-electron chi connectivity index (χ3n) is 2.18. The quantitative estimate of drug-likeness (QED) is 0.666. The number of aromatic nitrogens is 2. The second-order valence-corrected chi connectivity index (χ2v) is 3.11. The molecule has 1 atom stereocenters. The van der Waals surface area contributed by atoms with E-state index in [4.69, 9.17) is 4.74 Å². The maximum absolute atomic E-state index is 11.1. The summed E-state index contributed by atoms with van der Waals surface area (Å²) in [5.74, 6) is 0. The van der Waals surface area contributed by atoms with Gasteiger partial charge in [-0.05, 0) is 12.8 Å². The number of hydrogen-bond donors (Lipinski definition) is 1. The van der Waals surface area contributed by atoms with Gasteiger partial charge in [-0.1, -0.05) is 0 Å². The maximum atomic E-state index is 11.1. The lowest BCUT2D eigenvalue weighted by molar-refractivity contribution is 0.108. The SMILES string of the molecule is Cn1[nH]c([C@H]2CCCO2)cc1=O. The molecule has 1 N–H and O–H groups in total. The Morgan fingerprint density at radius 3 is 3.08 bits per heavy atom. The molecule has 4 heteroatoms. The number of hydrogen-bond acceptors (Lipinski definition) is 2. The van der Waals surface area contributed by atoms with E-state index in [9.17, 15) is 4.79 Å². The van der Waals surface area contributed by atoms with Gasteiger partial charge in [-0.15, -0.1) is 0 Å². The van der Waals surface area contributed by atoms with Crippen LogP contribution in [0.3, 0.4) is 0 Å². The molecule has 0 aliphatic carbocycles. The van der Waals surface area contributed by atoms with Crippen LogP contribution in [0.1, 0.15) is 24.6 Å². The lowest BCUT2D eigenvalue weighted by atomic mass is 10.2. The second-order valence-electron chi connectivity index (χ2n) is 3.11. The van der Waals surface area contributed by atoms with Crippen LogP contribution in [0.15, 0.2) is 10.9 Å². The first-order valence-electron chi connectivity index (χ1n) is 4.15. The highest BCUT2D eigenvalue weighted by atomic mass is 16.5. The van der Waals surface area contributed by atoms with Crippen molar-refractivity contribution in [3.8, 4) is 0 Å². The Morgan fingerprint density at radius 1 is 1.75 bits per heavy atom. The number of nitrogens with zero attached hydrogens (tertiary/aromatic N) is 1. The van der Waals surface area contributed by atoms with E-state index in [0.717, 1.165) is 25.1 Å². The van der Waals surface area contributed by atoms with Crippen LogP contribution in [0.25, 0.3) is 0 Å². The highest BCUT2D eigenvalue weighted by Crippen LogP contribution is 2.25. The van der Waals surface area contributed by atoms with E-state index in [1.165, 1.54) is 4.68 Å². The van der Waals surface area contributed by atoms with Crippen molar-refractivity contribution >= 4 is 0 Å². The normalized spacial score (nSPS) is 23.2. The minimum Gasteiger partial charge on any atom is -0.372 e. The van der Waals surface area contributed by atoms with Gasteiger partial charge in [0.2, 0.25) is 0 Å². The van der Waals surface area contributed by atoms with E-state index in [-0.39, 0.29) is 11.7 Å². The highest BCUT2D eigenvalue weighted by molar-refractivity contribution is 5.04. The third kappa shape index (κ3) is 1.18. The first-order valence-corrected chi connectivity index (χ1v) is 4.15. The fourth-order valence-corrected chi connectivity index (χ4v) is 1.50. The number of rotatable bonds is 1. The van der Waals surface area contributed by atoms with Gasteiger partial charge in [-0.3, -0.25) is 14.6 Å². The summed E-state index contributed by atoms with van der Waals surface area (Å²) in [6, 6.07) is 1.61. The third-order valence-corrected chi connectivity index (χ3v) is 2.18. The fourth-order valence-electron chi connectivity index (χ4n) is 1.50. The van der Waals surface area contributed by atoms with E-state index in [1.807, 2.05) is 0 Å². The van der Waals surface area contributed by atoms with Gasteiger partial charge in [0, 0.05) is 19.7 Å². The molecule has 1 aromatic rings. The second kappa shape index (κ2) is 2.79. The van der Waals surface area contributed by atoms with Crippen LogP contribution in [0, 0.1) is 0 Å². The number of aryl methyl sites for hydroxylation is 1. The largest absolute Gasteiger partial charge is 0.372 e. The van der Waals surface area contributed by atoms with E-state index >= 15 is 0 Å². The minimum atomic E-state index is 0.000463. The first kappa shape index (κ1) is 7.61. The lowest BCUT2D eigenvalue weighted by Crippen LogP contribution is -2.09. The van der Waals surface area contributed by atoms with Gasteiger partial charge in [-0.2, -0.15) is 0 Å². The zero-order valence-electron chi connectivity index (χ0n) is 7.04. The molecule has 2 heterocycles. The molecule has 0 amide bonds.